The Morgan fingerprint density at radius 2 is 2.09 bits per heavy atom. The maximum atomic E-state index is 14.1. The molecule has 0 fully saturated rings. The molecule has 0 spiro atoms. The van der Waals surface area contributed by atoms with E-state index in [0.29, 0.717) is 20.5 Å². The van der Waals surface area contributed by atoms with E-state index in [4.69, 9.17) is 9.84 Å². The molecule has 2 rings (SSSR count). The van der Waals surface area contributed by atoms with Crippen LogP contribution in [0.2, 0.25) is 0 Å². The Bertz CT molecular complexity index is 743. The number of hydrogen-bond acceptors (Lipinski definition) is 4. The van der Waals surface area contributed by atoms with Crippen LogP contribution in [-0.2, 0) is 16.1 Å². The number of carboxylic acid groups (broad SMARTS) is 1. The Balaban J connectivity index is 2.38. The second kappa shape index (κ2) is 7.06. The molecular formula is C16H18FNO4S. The number of benzene rings is 1. The third-order valence-corrected chi connectivity index (χ3v) is 4.95. The molecule has 2 aromatic rings. The quantitative estimate of drug-likeness (QED) is 0.848. The molecule has 1 amide bonds. The van der Waals surface area contributed by atoms with Crippen LogP contribution < -0.4 is 5.32 Å². The van der Waals surface area contributed by atoms with Crippen molar-refractivity contribution in [2.75, 3.05) is 7.11 Å². The average molecular weight is 339 g/mol. The van der Waals surface area contributed by atoms with Gasteiger partial charge >= 0.3 is 5.97 Å². The van der Waals surface area contributed by atoms with Gasteiger partial charge in [-0.15, -0.1) is 11.3 Å². The summed E-state index contributed by atoms with van der Waals surface area (Å²) < 4.78 is 19.8. The van der Waals surface area contributed by atoms with Crippen LogP contribution in [0, 0.1) is 11.7 Å². The van der Waals surface area contributed by atoms with Gasteiger partial charge in [-0.05, 0) is 26.0 Å². The Morgan fingerprint density at radius 3 is 2.70 bits per heavy atom. The highest BCUT2D eigenvalue weighted by Crippen LogP contribution is 2.33. The first kappa shape index (κ1) is 17.4. The first-order valence-electron chi connectivity index (χ1n) is 7.09. The minimum atomic E-state index is -0.989. The summed E-state index contributed by atoms with van der Waals surface area (Å²) in [5.41, 5.74) is 0.485. The van der Waals surface area contributed by atoms with Gasteiger partial charge in [0.15, 0.2) is 0 Å². The lowest BCUT2D eigenvalue weighted by atomic mass is 10.0. The van der Waals surface area contributed by atoms with E-state index < -0.39 is 29.7 Å². The van der Waals surface area contributed by atoms with Gasteiger partial charge in [-0.1, -0.05) is 6.07 Å². The zero-order valence-electron chi connectivity index (χ0n) is 13.1. The Labute approximate surface area is 137 Å². The van der Waals surface area contributed by atoms with Gasteiger partial charge in [0.25, 0.3) is 5.91 Å². The maximum absolute atomic E-state index is 14.1. The second-order valence-corrected chi connectivity index (χ2v) is 6.40. The van der Waals surface area contributed by atoms with Crippen molar-refractivity contribution >= 4 is 33.3 Å². The minimum Gasteiger partial charge on any atom is -0.481 e. The fraction of sp³-hybridized carbons (Fsp3) is 0.375. The molecule has 2 unspecified atom stereocenters. The lowest BCUT2D eigenvalue weighted by molar-refractivity contribution is -0.141. The number of carboxylic acids is 1. The molecule has 0 bridgehead atoms. The van der Waals surface area contributed by atoms with Crippen LogP contribution in [0.25, 0.3) is 10.1 Å². The number of carbonyl (C=O) groups is 2. The largest absolute Gasteiger partial charge is 0.481 e. The number of amides is 1. The SMILES string of the molecule is COCc1c(C(=O)NC(C)C(C)C(=O)O)sc2cccc(F)c12. The number of carbonyl (C=O) groups excluding carboxylic acids is 1. The molecule has 0 saturated carbocycles. The predicted octanol–water partition coefficient (Wildman–Crippen LogP) is 3.03. The maximum Gasteiger partial charge on any atom is 0.308 e. The fourth-order valence-corrected chi connectivity index (χ4v) is 3.37. The minimum absolute atomic E-state index is 0.104. The van der Waals surface area contributed by atoms with Gasteiger partial charge in [0.1, 0.15) is 5.82 Å². The van der Waals surface area contributed by atoms with Crippen LogP contribution in [0.4, 0.5) is 4.39 Å². The van der Waals surface area contributed by atoms with Crippen molar-refractivity contribution in [3.05, 3.63) is 34.5 Å². The van der Waals surface area contributed by atoms with E-state index in [1.807, 2.05) is 0 Å². The van der Waals surface area contributed by atoms with Gasteiger partial charge < -0.3 is 15.2 Å². The van der Waals surface area contributed by atoms with Crippen LogP contribution in [0.15, 0.2) is 18.2 Å². The van der Waals surface area contributed by atoms with Gasteiger partial charge in [0.05, 0.1) is 17.4 Å². The predicted molar refractivity (Wildman–Crippen MR) is 86.2 cm³/mol. The zero-order chi connectivity index (χ0) is 17.1. The van der Waals surface area contributed by atoms with Crippen LogP contribution in [-0.4, -0.2) is 30.1 Å². The molecule has 1 heterocycles. The van der Waals surface area contributed by atoms with Crippen molar-refractivity contribution in [2.24, 2.45) is 5.92 Å². The third kappa shape index (κ3) is 3.51. The number of halogens is 1. The number of ether oxygens (including phenoxy) is 1. The van der Waals surface area contributed by atoms with Gasteiger partial charge in [0.2, 0.25) is 0 Å². The van der Waals surface area contributed by atoms with Crippen molar-refractivity contribution in [3.8, 4) is 0 Å². The number of rotatable bonds is 6. The molecule has 2 N–H and O–H groups in total. The van der Waals surface area contributed by atoms with Gasteiger partial charge in [-0.2, -0.15) is 0 Å². The number of hydrogen-bond donors (Lipinski definition) is 2. The smallest absolute Gasteiger partial charge is 0.308 e. The van der Waals surface area contributed by atoms with Gasteiger partial charge in [-0.3, -0.25) is 9.59 Å². The molecule has 0 radical (unpaired) electrons. The highest BCUT2D eigenvalue weighted by atomic mass is 32.1. The van der Waals surface area contributed by atoms with Crippen LogP contribution in [0.5, 0.6) is 0 Å². The molecule has 1 aromatic carbocycles. The third-order valence-electron chi connectivity index (χ3n) is 3.76. The first-order valence-corrected chi connectivity index (χ1v) is 7.91. The van der Waals surface area contributed by atoms with E-state index in [0.717, 1.165) is 0 Å². The molecule has 0 saturated heterocycles. The van der Waals surface area contributed by atoms with Crippen molar-refractivity contribution < 1.29 is 23.8 Å². The summed E-state index contributed by atoms with van der Waals surface area (Å²) in [6, 6.07) is 4.11. The number of methoxy groups -OCH3 is 1. The molecule has 1 aromatic heterocycles. The summed E-state index contributed by atoms with van der Waals surface area (Å²) >= 11 is 1.17. The van der Waals surface area contributed by atoms with E-state index in [-0.39, 0.29) is 6.61 Å². The highest BCUT2D eigenvalue weighted by Gasteiger charge is 2.25. The first-order chi connectivity index (χ1) is 10.9. The van der Waals surface area contributed by atoms with Crippen LogP contribution >= 0.6 is 11.3 Å². The summed E-state index contributed by atoms with van der Waals surface area (Å²) in [7, 11) is 1.47. The molecule has 0 aliphatic rings. The molecule has 5 nitrogen and oxygen atoms in total. The average Bonchev–Trinajstić information content (AvgIpc) is 2.87. The van der Waals surface area contributed by atoms with Crippen molar-refractivity contribution in [3.63, 3.8) is 0 Å². The van der Waals surface area contributed by atoms with Crippen LogP contribution in [0.3, 0.4) is 0 Å². The Hall–Kier alpha value is -1.99. The van der Waals surface area contributed by atoms with E-state index in [1.165, 1.54) is 31.4 Å². The molecule has 7 heteroatoms. The number of fused-ring (bicyclic) bond motifs is 1. The lowest BCUT2D eigenvalue weighted by Crippen LogP contribution is -2.40. The summed E-state index contributed by atoms with van der Waals surface area (Å²) in [4.78, 5) is 23.8. The highest BCUT2D eigenvalue weighted by molar-refractivity contribution is 7.21. The monoisotopic (exact) mass is 339 g/mol. The summed E-state index contributed by atoms with van der Waals surface area (Å²) in [5.74, 6) is -2.54. The molecule has 124 valence electrons. The van der Waals surface area contributed by atoms with Crippen LogP contribution in [0.1, 0.15) is 29.1 Å². The Kier molecular flexibility index (Phi) is 5.33. The van der Waals surface area contributed by atoms with Crippen molar-refractivity contribution in [2.45, 2.75) is 26.5 Å². The van der Waals surface area contributed by atoms with Crippen molar-refractivity contribution in [1.82, 2.24) is 5.32 Å². The normalized spacial score (nSPS) is 13.7. The van der Waals surface area contributed by atoms with E-state index in [1.54, 1.807) is 19.1 Å². The molecule has 0 aliphatic carbocycles. The van der Waals surface area contributed by atoms with E-state index in [2.05, 4.69) is 5.32 Å². The molecule has 23 heavy (non-hydrogen) atoms. The summed E-state index contributed by atoms with van der Waals surface area (Å²) in [6.45, 7) is 3.25. The zero-order valence-corrected chi connectivity index (χ0v) is 13.9. The number of nitrogens with one attached hydrogen (secondary N) is 1. The molecular weight excluding hydrogens is 321 g/mol. The van der Waals surface area contributed by atoms with E-state index in [9.17, 15) is 14.0 Å². The van der Waals surface area contributed by atoms with Gasteiger partial charge in [0, 0.05) is 28.8 Å². The summed E-state index contributed by atoms with van der Waals surface area (Å²) in [5, 5.41) is 12.1. The lowest BCUT2D eigenvalue weighted by Gasteiger charge is -2.17. The topological polar surface area (TPSA) is 75.6 Å². The van der Waals surface area contributed by atoms with Gasteiger partial charge in [-0.25, -0.2) is 4.39 Å². The number of aliphatic carboxylic acids is 1. The number of thiophene rings is 1. The second-order valence-electron chi connectivity index (χ2n) is 5.34. The standard InChI is InChI=1S/C16H18FNO4S/c1-8(16(20)21)9(2)18-15(19)14-10(7-22-3)13-11(17)5-4-6-12(13)23-14/h4-6,8-9H,7H2,1-3H3,(H,18,19)(H,20,21). The molecule has 2 atom stereocenters. The molecule has 0 aliphatic heterocycles. The van der Waals surface area contributed by atoms with E-state index >= 15 is 0 Å². The Morgan fingerprint density at radius 1 is 1.39 bits per heavy atom. The summed E-state index contributed by atoms with van der Waals surface area (Å²) in [6.07, 6.45) is 0. The fourth-order valence-electron chi connectivity index (χ4n) is 2.24. The van der Waals surface area contributed by atoms with Crippen molar-refractivity contribution in [1.29, 1.82) is 0 Å².